The van der Waals surface area contributed by atoms with Gasteiger partial charge in [0.2, 0.25) is 0 Å². The first kappa shape index (κ1) is 24.9. The number of nitrogens with one attached hydrogen (secondary N) is 2. The lowest BCUT2D eigenvalue weighted by atomic mass is 10.0. The largest absolute Gasteiger partial charge is 0.363 e. The van der Waals surface area contributed by atoms with E-state index in [0.29, 0.717) is 12.1 Å². The molecule has 1 fully saturated rings. The average Bonchev–Trinajstić information content (AvgIpc) is 3.28. The van der Waals surface area contributed by atoms with Crippen molar-refractivity contribution in [2.45, 2.75) is 38.3 Å². The van der Waals surface area contributed by atoms with E-state index in [2.05, 4.69) is 88.2 Å². The van der Waals surface area contributed by atoms with E-state index < -0.39 is 0 Å². The highest BCUT2D eigenvalue weighted by atomic mass is 127. The molecule has 1 atom stereocenters. The fourth-order valence-corrected chi connectivity index (χ4v) is 4.63. The summed E-state index contributed by atoms with van der Waals surface area (Å²) < 4.78 is 0. The summed E-state index contributed by atoms with van der Waals surface area (Å²) in [7, 11) is 6.13. The summed E-state index contributed by atoms with van der Waals surface area (Å²) >= 11 is 1.83. The number of thiophene rings is 1. The maximum Gasteiger partial charge on any atom is 0.191 e. The van der Waals surface area contributed by atoms with Crippen LogP contribution in [0.15, 0.2) is 46.8 Å². The second-order valence-corrected chi connectivity index (χ2v) is 8.81. The van der Waals surface area contributed by atoms with Crippen molar-refractivity contribution in [1.82, 2.24) is 15.5 Å². The Morgan fingerprint density at radius 1 is 1.20 bits per heavy atom. The number of piperidine rings is 1. The minimum atomic E-state index is 0. The van der Waals surface area contributed by atoms with Crippen LogP contribution in [0.2, 0.25) is 0 Å². The van der Waals surface area contributed by atoms with Crippen LogP contribution in [0.4, 0.5) is 5.00 Å². The van der Waals surface area contributed by atoms with Crippen molar-refractivity contribution < 1.29 is 0 Å². The van der Waals surface area contributed by atoms with Gasteiger partial charge in [-0.1, -0.05) is 31.2 Å². The van der Waals surface area contributed by atoms with Gasteiger partial charge in [0.05, 0.1) is 11.0 Å². The summed E-state index contributed by atoms with van der Waals surface area (Å²) in [6, 6.07) is 14.1. The van der Waals surface area contributed by atoms with E-state index in [1.807, 2.05) is 18.4 Å². The van der Waals surface area contributed by atoms with Crippen molar-refractivity contribution in [1.29, 1.82) is 0 Å². The van der Waals surface area contributed by atoms with E-state index in [0.717, 1.165) is 44.9 Å². The van der Waals surface area contributed by atoms with Crippen LogP contribution in [0.5, 0.6) is 0 Å². The van der Waals surface area contributed by atoms with Gasteiger partial charge in [-0.15, -0.1) is 35.3 Å². The van der Waals surface area contributed by atoms with Crippen molar-refractivity contribution in [3.05, 3.63) is 52.9 Å². The molecule has 1 aliphatic rings. The number of rotatable bonds is 7. The van der Waals surface area contributed by atoms with Crippen molar-refractivity contribution in [3.8, 4) is 0 Å². The lowest BCUT2D eigenvalue weighted by molar-refractivity contribution is 0.297. The third-order valence-electron chi connectivity index (χ3n) is 5.74. The van der Waals surface area contributed by atoms with E-state index in [1.54, 1.807) is 0 Å². The Morgan fingerprint density at radius 3 is 2.43 bits per heavy atom. The van der Waals surface area contributed by atoms with Crippen LogP contribution in [0.3, 0.4) is 0 Å². The van der Waals surface area contributed by atoms with Gasteiger partial charge >= 0.3 is 0 Å². The van der Waals surface area contributed by atoms with Crippen LogP contribution in [0.1, 0.15) is 36.9 Å². The molecule has 0 saturated carbocycles. The van der Waals surface area contributed by atoms with Crippen LogP contribution < -0.4 is 15.5 Å². The zero-order valence-electron chi connectivity index (χ0n) is 18.6. The van der Waals surface area contributed by atoms with Crippen LogP contribution in [-0.2, 0) is 6.42 Å². The molecular weight excluding hydrogens is 505 g/mol. The number of nitrogens with zero attached hydrogens (tertiary/aromatic N) is 3. The standard InChI is InChI=1S/C23H35N5S.HI/c1-5-18-8-10-19(11-9-18)21(27(3)4)17-25-23(24-2)26-20-12-14-28(15-13-20)22-7-6-16-29-22;/h6-11,16,20-21H,5,12-15,17H2,1-4H3,(H2,24,25,26);1H. The van der Waals surface area contributed by atoms with Gasteiger partial charge in [0, 0.05) is 32.7 Å². The lowest BCUT2D eigenvalue weighted by Crippen LogP contribution is -2.49. The average molecular weight is 542 g/mol. The second kappa shape index (κ2) is 12.5. The third kappa shape index (κ3) is 6.85. The smallest absolute Gasteiger partial charge is 0.191 e. The number of aryl methyl sites for hydroxylation is 1. The van der Waals surface area contributed by atoms with Gasteiger partial charge in [0.15, 0.2) is 5.96 Å². The van der Waals surface area contributed by atoms with Gasteiger partial charge in [-0.05, 0) is 62.0 Å². The number of hydrogen-bond donors (Lipinski definition) is 2. The third-order valence-corrected chi connectivity index (χ3v) is 6.67. The number of anilines is 1. The van der Waals surface area contributed by atoms with Crippen molar-refractivity contribution >= 4 is 46.3 Å². The van der Waals surface area contributed by atoms with Gasteiger partial charge < -0.3 is 20.4 Å². The normalized spacial score (nSPS) is 16.3. The minimum Gasteiger partial charge on any atom is -0.363 e. The number of halogens is 1. The zero-order chi connectivity index (χ0) is 20.6. The fourth-order valence-electron chi connectivity index (χ4n) is 3.85. The lowest BCUT2D eigenvalue weighted by Gasteiger charge is -2.34. The predicted molar refractivity (Wildman–Crippen MR) is 142 cm³/mol. The van der Waals surface area contributed by atoms with Gasteiger partial charge in [0.1, 0.15) is 0 Å². The fraction of sp³-hybridized carbons (Fsp3) is 0.522. The van der Waals surface area contributed by atoms with Gasteiger partial charge in [-0.2, -0.15) is 0 Å². The molecule has 0 amide bonds. The van der Waals surface area contributed by atoms with Crippen LogP contribution in [0.25, 0.3) is 0 Å². The topological polar surface area (TPSA) is 42.9 Å². The molecule has 3 rings (SSSR count). The maximum absolute atomic E-state index is 4.47. The monoisotopic (exact) mass is 541 g/mol. The molecule has 0 radical (unpaired) electrons. The molecule has 7 heteroatoms. The molecule has 1 saturated heterocycles. The molecule has 0 spiro atoms. The van der Waals surface area contributed by atoms with Gasteiger partial charge in [0.25, 0.3) is 0 Å². The molecule has 1 aromatic carbocycles. The highest BCUT2D eigenvalue weighted by molar-refractivity contribution is 14.0. The first-order valence-electron chi connectivity index (χ1n) is 10.6. The molecule has 166 valence electrons. The Bertz CT molecular complexity index is 752. The molecule has 0 bridgehead atoms. The highest BCUT2D eigenvalue weighted by Gasteiger charge is 2.21. The number of hydrogen-bond acceptors (Lipinski definition) is 4. The summed E-state index contributed by atoms with van der Waals surface area (Å²) in [5.74, 6) is 0.900. The molecule has 2 aromatic rings. The number of benzene rings is 1. The molecule has 0 aliphatic carbocycles. The predicted octanol–water partition coefficient (Wildman–Crippen LogP) is 4.37. The number of likely N-dealkylation sites (N-methyl/N-ethyl adjacent to an activating group) is 1. The van der Waals surface area contributed by atoms with Gasteiger partial charge in [-0.25, -0.2) is 0 Å². The van der Waals surface area contributed by atoms with Crippen LogP contribution >= 0.6 is 35.3 Å². The molecule has 2 N–H and O–H groups in total. The summed E-state index contributed by atoms with van der Waals surface area (Å²) in [4.78, 5) is 9.22. The first-order chi connectivity index (χ1) is 14.1. The van der Waals surface area contributed by atoms with Gasteiger partial charge in [-0.3, -0.25) is 4.99 Å². The van der Waals surface area contributed by atoms with E-state index in [1.165, 1.54) is 16.1 Å². The molecular formula is C23H36IN5S. The van der Waals surface area contributed by atoms with Crippen molar-refractivity contribution in [2.75, 3.05) is 45.7 Å². The highest BCUT2D eigenvalue weighted by Crippen LogP contribution is 2.25. The van der Waals surface area contributed by atoms with Crippen LogP contribution in [0, 0.1) is 0 Å². The molecule has 1 aromatic heterocycles. The summed E-state index contributed by atoms with van der Waals surface area (Å²) in [6.45, 7) is 5.21. The summed E-state index contributed by atoms with van der Waals surface area (Å²) in [5.41, 5.74) is 2.71. The summed E-state index contributed by atoms with van der Waals surface area (Å²) in [6.07, 6.45) is 3.34. The van der Waals surface area contributed by atoms with E-state index in [4.69, 9.17) is 0 Å². The zero-order valence-corrected chi connectivity index (χ0v) is 21.7. The Balaban J connectivity index is 0.00000320. The van der Waals surface area contributed by atoms with Crippen LogP contribution in [-0.4, -0.2) is 57.7 Å². The van der Waals surface area contributed by atoms with E-state index in [-0.39, 0.29) is 24.0 Å². The first-order valence-corrected chi connectivity index (χ1v) is 11.5. The Labute approximate surface area is 203 Å². The maximum atomic E-state index is 4.47. The molecule has 2 heterocycles. The second-order valence-electron chi connectivity index (χ2n) is 7.88. The van der Waals surface area contributed by atoms with E-state index >= 15 is 0 Å². The molecule has 1 aliphatic heterocycles. The molecule has 1 unspecified atom stereocenters. The van der Waals surface area contributed by atoms with Crippen molar-refractivity contribution in [2.24, 2.45) is 4.99 Å². The Hall–Kier alpha value is -1.32. The Kier molecular flexibility index (Phi) is 10.4. The minimum absolute atomic E-state index is 0. The quantitative estimate of drug-likeness (QED) is 0.311. The number of aliphatic imine (C=N–C) groups is 1. The molecule has 30 heavy (non-hydrogen) atoms. The number of guanidine groups is 1. The van der Waals surface area contributed by atoms with E-state index in [9.17, 15) is 0 Å². The van der Waals surface area contributed by atoms with Crippen molar-refractivity contribution in [3.63, 3.8) is 0 Å². The Morgan fingerprint density at radius 2 is 1.90 bits per heavy atom. The summed E-state index contributed by atoms with van der Waals surface area (Å²) in [5, 5.41) is 10.7. The SMILES string of the molecule is CCc1ccc(C(CNC(=NC)NC2CCN(c3cccs3)CC2)N(C)C)cc1.I. The molecule has 5 nitrogen and oxygen atoms in total.